The molecule has 1 atom stereocenters. The van der Waals surface area contributed by atoms with Crippen LogP contribution in [0.4, 0.5) is 4.39 Å². The summed E-state index contributed by atoms with van der Waals surface area (Å²) in [6.45, 7) is 8.92. The molecule has 0 amide bonds. The topological polar surface area (TPSA) is 15.3 Å². The van der Waals surface area contributed by atoms with Gasteiger partial charge in [-0.1, -0.05) is 24.6 Å². The van der Waals surface area contributed by atoms with Gasteiger partial charge in [0.1, 0.15) is 5.82 Å². The summed E-state index contributed by atoms with van der Waals surface area (Å²) in [5.74, 6) is 0.394. The molecule has 1 aliphatic rings. The minimum atomic E-state index is -0.352. The van der Waals surface area contributed by atoms with E-state index in [1.807, 2.05) is 0 Å². The van der Waals surface area contributed by atoms with Crippen molar-refractivity contribution in [3.8, 4) is 0 Å². The van der Waals surface area contributed by atoms with Crippen LogP contribution in [0.3, 0.4) is 0 Å². The molecule has 4 heteroatoms. The Bertz CT molecular complexity index is 430. The van der Waals surface area contributed by atoms with Crippen LogP contribution in [0.25, 0.3) is 0 Å². The fourth-order valence-electron chi connectivity index (χ4n) is 2.75. The highest BCUT2D eigenvalue weighted by Crippen LogP contribution is 2.22. The Hall–Kier alpha value is -0.640. The Labute approximate surface area is 126 Å². The molecule has 112 valence electrons. The highest BCUT2D eigenvalue weighted by molar-refractivity contribution is 6.30. The minimum absolute atomic E-state index is 0.201. The molecule has 1 heterocycles. The summed E-state index contributed by atoms with van der Waals surface area (Å²) < 4.78 is 13.2. The summed E-state index contributed by atoms with van der Waals surface area (Å²) >= 11 is 5.83. The number of nitrogens with zero attached hydrogens (tertiary/aromatic N) is 1. The number of hydrogen-bond donors (Lipinski definition) is 1. The van der Waals surface area contributed by atoms with Gasteiger partial charge in [-0.3, -0.25) is 0 Å². The number of nitrogens with one attached hydrogen (secondary N) is 1. The molecule has 1 aromatic carbocycles. The molecule has 0 bridgehead atoms. The van der Waals surface area contributed by atoms with Crippen LogP contribution in [-0.4, -0.2) is 31.1 Å². The lowest BCUT2D eigenvalue weighted by atomic mass is 9.96. The van der Waals surface area contributed by atoms with Crippen molar-refractivity contribution in [2.24, 2.45) is 5.92 Å². The number of piperidine rings is 1. The molecular formula is C16H24ClFN2. The number of hydrogen-bond acceptors (Lipinski definition) is 2. The third-order valence-electron chi connectivity index (χ3n) is 4.31. The van der Waals surface area contributed by atoms with Crippen LogP contribution in [0, 0.1) is 11.7 Å². The maximum Gasteiger partial charge on any atom is 0.141 e. The van der Waals surface area contributed by atoms with E-state index in [2.05, 4.69) is 24.1 Å². The normalized spacial score (nSPS) is 19.2. The largest absolute Gasteiger partial charge is 0.310 e. The van der Waals surface area contributed by atoms with E-state index < -0.39 is 0 Å². The van der Waals surface area contributed by atoms with Gasteiger partial charge < -0.3 is 10.2 Å². The summed E-state index contributed by atoms with van der Waals surface area (Å²) in [4.78, 5) is 2.50. The third kappa shape index (κ3) is 4.18. The van der Waals surface area contributed by atoms with E-state index in [1.54, 1.807) is 12.1 Å². The number of benzene rings is 1. The van der Waals surface area contributed by atoms with Gasteiger partial charge in [0.25, 0.3) is 0 Å². The first kappa shape index (κ1) is 15.7. The molecule has 0 aromatic heterocycles. The van der Waals surface area contributed by atoms with Gasteiger partial charge in [0.15, 0.2) is 0 Å². The van der Waals surface area contributed by atoms with Crippen LogP contribution in [0.5, 0.6) is 0 Å². The lowest BCUT2D eigenvalue weighted by Gasteiger charge is -2.31. The molecule has 2 rings (SSSR count). The Kier molecular flexibility index (Phi) is 5.82. The van der Waals surface area contributed by atoms with Crippen molar-refractivity contribution >= 4 is 11.6 Å². The Balaban J connectivity index is 1.80. The zero-order valence-electron chi connectivity index (χ0n) is 12.3. The van der Waals surface area contributed by atoms with Gasteiger partial charge in [0, 0.05) is 6.04 Å². The van der Waals surface area contributed by atoms with Crippen LogP contribution in [0.15, 0.2) is 18.2 Å². The second kappa shape index (κ2) is 7.39. The highest BCUT2D eigenvalue weighted by atomic mass is 35.5. The van der Waals surface area contributed by atoms with Gasteiger partial charge in [-0.2, -0.15) is 0 Å². The molecule has 1 unspecified atom stereocenters. The minimum Gasteiger partial charge on any atom is -0.310 e. The van der Waals surface area contributed by atoms with Crippen molar-refractivity contribution in [1.29, 1.82) is 0 Å². The fourth-order valence-corrected chi connectivity index (χ4v) is 2.94. The molecular weight excluding hydrogens is 275 g/mol. The third-order valence-corrected chi connectivity index (χ3v) is 4.60. The number of rotatable bonds is 5. The van der Waals surface area contributed by atoms with Gasteiger partial charge in [0.05, 0.1) is 5.02 Å². The van der Waals surface area contributed by atoms with Crippen molar-refractivity contribution < 1.29 is 4.39 Å². The van der Waals surface area contributed by atoms with E-state index in [9.17, 15) is 4.39 Å². The summed E-state index contributed by atoms with van der Waals surface area (Å²) in [6, 6.07) is 5.17. The lowest BCUT2D eigenvalue weighted by molar-refractivity contribution is 0.188. The van der Waals surface area contributed by atoms with Crippen molar-refractivity contribution in [1.82, 2.24) is 10.2 Å². The molecule has 0 spiro atoms. The van der Waals surface area contributed by atoms with E-state index in [4.69, 9.17) is 11.6 Å². The molecule has 0 saturated carbocycles. The Morgan fingerprint density at radius 1 is 1.40 bits per heavy atom. The van der Waals surface area contributed by atoms with E-state index in [0.717, 1.165) is 24.6 Å². The average molecular weight is 299 g/mol. The van der Waals surface area contributed by atoms with Gasteiger partial charge >= 0.3 is 0 Å². The Morgan fingerprint density at radius 3 is 2.70 bits per heavy atom. The quantitative estimate of drug-likeness (QED) is 0.888. The summed E-state index contributed by atoms with van der Waals surface area (Å²) in [5.41, 5.74) is 1.04. The lowest BCUT2D eigenvalue weighted by Crippen LogP contribution is -2.37. The summed E-state index contributed by atoms with van der Waals surface area (Å²) in [7, 11) is 0. The molecule has 1 fully saturated rings. The van der Waals surface area contributed by atoms with Gasteiger partial charge in [-0.25, -0.2) is 4.39 Å². The zero-order valence-corrected chi connectivity index (χ0v) is 13.1. The van der Waals surface area contributed by atoms with E-state index in [-0.39, 0.29) is 16.9 Å². The van der Waals surface area contributed by atoms with Crippen molar-refractivity contribution in [2.75, 3.05) is 26.2 Å². The van der Waals surface area contributed by atoms with Crippen LogP contribution in [0.1, 0.15) is 38.3 Å². The number of likely N-dealkylation sites (tertiary alicyclic amines) is 1. The van der Waals surface area contributed by atoms with Gasteiger partial charge in [0.2, 0.25) is 0 Å². The van der Waals surface area contributed by atoms with Crippen molar-refractivity contribution in [2.45, 2.75) is 32.7 Å². The second-order valence-corrected chi connectivity index (χ2v) is 6.09. The van der Waals surface area contributed by atoms with E-state index >= 15 is 0 Å². The number of halogens is 2. The second-order valence-electron chi connectivity index (χ2n) is 5.68. The van der Waals surface area contributed by atoms with Crippen LogP contribution < -0.4 is 5.32 Å². The van der Waals surface area contributed by atoms with Crippen molar-refractivity contribution in [3.63, 3.8) is 0 Å². The molecule has 1 aromatic rings. The molecule has 20 heavy (non-hydrogen) atoms. The molecule has 1 saturated heterocycles. The smallest absolute Gasteiger partial charge is 0.141 e. The predicted molar refractivity (Wildman–Crippen MR) is 82.7 cm³/mol. The van der Waals surface area contributed by atoms with Gasteiger partial charge in [-0.05, 0) is 69.6 Å². The van der Waals surface area contributed by atoms with E-state index in [0.29, 0.717) is 0 Å². The SMILES string of the molecule is CCN1CCC(CNC(C)c2ccc(F)c(Cl)c2)CC1. The first-order valence-electron chi connectivity index (χ1n) is 7.50. The molecule has 0 radical (unpaired) electrons. The van der Waals surface area contributed by atoms with Gasteiger partial charge in [-0.15, -0.1) is 0 Å². The Morgan fingerprint density at radius 2 is 2.10 bits per heavy atom. The monoisotopic (exact) mass is 298 g/mol. The highest BCUT2D eigenvalue weighted by Gasteiger charge is 2.18. The molecule has 0 aliphatic carbocycles. The van der Waals surface area contributed by atoms with Crippen LogP contribution >= 0.6 is 11.6 Å². The molecule has 1 aliphatic heterocycles. The van der Waals surface area contributed by atoms with E-state index in [1.165, 1.54) is 32.0 Å². The average Bonchev–Trinajstić information content (AvgIpc) is 2.48. The first-order valence-corrected chi connectivity index (χ1v) is 7.88. The molecule has 2 nitrogen and oxygen atoms in total. The maximum atomic E-state index is 13.2. The maximum absolute atomic E-state index is 13.2. The fraction of sp³-hybridized carbons (Fsp3) is 0.625. The summed E-state index contributed by atoms with van der Waals surface area (Å²) in [5, 5.41) is 3.75. The van der Waals surface area contributed by atoms with Crippen LogP contribution in [0.2, 0.25) is 5.02 Å². The van der Waals surface area contributed by atoms with Crippen LogP contribution in [-0.2, 0) is 0 Å². The molecule has 1 N–H and O–H groups in total. The standard InChI is InChI=1S/C16H24ClFN2/c1-3-20-8-6-13(7-9-20)11-19-12(2)14-4-5-16(18)15(17)10-14/h4-5,10,12-13,19H,3,6-9,11H2,1-2H3. The van der Waals surface area contributed by atoms with Crippen molar-refractivity contribution in [3.05, 3.63) is 34.6 Å². The summed E-state index contributed by atoms with van der Waals surface area (Å²) in [6.07, 6.45) is 2.52. The first-order chi connectivity index (χ1) is 9.60. The zero-order chi connectivity index (χ0) is 14.5. The predicted octanol–water partition coefficient (Wildman–Crippen LogP) is 3.86.